The first-order valence-corrected chi connectivity index (χ1v) is 8.68. The van der Waals surface area contributed by atoms with Crippen LogP contribution in [0.15, 0.2) is 42.5 Å². The number of ether oxygens (including phenoxy) is 1. The van der Waals surface area contributed by atoms with E-state index in [4.69, 9.17) is 4.74 Å². The number of nitrogens with zero attached hydrogens (tertiary/aromatic N) is 2. The molecule has 0 spiro atoms. The van der Waals surface area contributed by atoms with Crippen LogP contribution >= 0.6 is 0 Å². The summed E-state index contributed by atoms with van der Waals surface area (Å²) in [6.07, 6.45) is 0.453. The average Bonchev–Trinajstić information content (AvgIpc) is 3.10. The fourth-order valence-electron chi connectivity index (χ4n) is 2.84. The standard InChI is InChI=1S/C19H15F2N5O3/c20-11-7-12(21)16-14(8-11)29-9-13(18(27)24-16)22-19(28)17-23-15(25-26-17)6-10-4-2-1-3-5-10/h1-5,7-8,13H,6,9H2,(H,22,28)(H,24,27)(H,23,25,26)/t13-/m1/s1. The first-order chi connectivity index (χ1) is 14.0. The highest BCUT2D eigenvalue weighted by molar-refractivity contribution is 6.01. The number of aromatic amines is 1. The third-order valence-electron chi connectivity index (χ3n) is 4.24. The molecule has 0 bridgehead atoms. The quantitative estimate of drug-likeness (QED) is 0.620. The lowest BCUT2D eigenvalue weighted by atomic mass is 10.1. The van der Waals surface area contributed by atoms with Crippen molar-refractivity contribution in [2.24, 2.45) is 0 Å². The van der Waals surface area contributed by atoms with Crippen LogP contribution in [-0.4, -0.2) is 39.6 Å². The molecule has 0 aliphatic carbocycles. The van der Waals surface area contributed by atoms with Gasteiger partial charge in [-0.25, -0.2) is 13.8 Å². The van der Waals surface area contributed by atoms with Gasteiger partial charge in [0, 0.05) is 18.6 Å². The molecule has 2 heterocycles. The van der Waals surface area contributed by atoms with E-state index in [1.807, 2.05) is 30.3 Å². The smallest absolute Gasteiger partial charge is 0.291 e. The molecule has 2 aromatic carbocycles. The zero-order chi connectivity index (χ0) is 20.4. The second-order valence-corrected chi connectivity index (χ2v) is 6.36. The van der Waals surface area contributed by atoms with Crippen LogP contribution in [0.1, 0.15) is 22.0 Å². The Kier molecular flexibility index (Phi) is 4.90. The second-order valence-electron chi connectivity index (χ2n) is 6.36. The van der Waals surface area contributed by atoms with Crippen LogP contribution in [0.3, 0.4) is 0 Å². The average molecular weight is 399 g/mol. The number of aromatic nitrogens is 3. The molecule has 2 amide bonds. The van der Waals surface area contributed by atoms with E-state index in [-0.39, 0.29) is 23.9 Å². The van der Waals surface area contributed by atoms with Crippen LogP contribution in [0.4, 0.5) is 14.5 Å². The molecule has 3 N–H and O–H groups in total. The zero-order valence-corrected chi connectivity index (χ0v) is 14.9. The number of anilines is 1. The van der Waals surface area contributed by atoms with E-state index in [1.165, 1.54) is 0 Å². The Morgan fingerprint density at radius 1 is 1.24 bits per heavy atom. The van der Waals surface area contributed by atoms with E-state index in [0.29, 0.717) is 18.3 Å². The molecule has 3 aromatic rings. The number of hydrogen-bond acceptors (Lipinski definition) is 5. The fourth-order valence-corrected chi connectivity index (χ4v) is 2.84. The Morgan fingerprint density at radius 3 is 2.83 bits per heavy atom. The third kappa shape index (κ3) is 4.05. The fraction of sp³-hybridized carbons (Fsp3) is 0.158. The molecule has 1 aliphatic heterocycles. The van der Waals surface area contributed by atoms with Gasteiger partial charge in [0.2, 0.25) is 5.82 Å². The third-order valence-corrected chi connectivity index (χ3v) is 4.24. The first kappa shape index (κ1) is 18.5. The van der Waals surface area contributed by atoms with Crippen LogP contribution in [0.2, 0.25) is 0 Å². The highest BCUT2D eigenvalue weighted by Gasteiger charge is 2.29. The van der Waals surface area contributed by atoms with Gasteiger partial charge in [-0.1, -0.05) is 30.3 Å². The molecule has 0 unspecified atom stereocenters. The largest absolute Gasteiger partial charge is 0.488 e. The van der Waals surface area contributed by atoms with Gasteiger partial charge in [-0.15, -0.1) is 5.10 Å². The minimum atomic E-state index is -1.14. The van der Waals surface area contributed by atoms with Crippen molar-refractivity contribution in [3.63, 3.8) is 0 Å². The Bertz CT molecular complexity index is 1070. The first-order valence-electron chi connectivity index (χ1n) is 8.68. The number of amides is 2. The topological polar surface area (TPSA) is 109 Å². The predicted molar refractivity (Wildman–Crippen MR) is 97.4 cm³/mol. The van der Waals surface area contributed by atoms with E-state index < -0.39 is 29.5 Å². The maximum atomic E-state index is 13.9. The molecule has 29 heavy (non-hydrogen) atoms. The SMILES string of the molecule is O=C(N[C@@H]1COc2cc(F)cc(F)c2NC1=O)c1n[nH]c(Cc2ccccc2)n1. The number of benzene rings is 2. The highest BCUT2D eigenvalue weighted by atomic mass is 19.1. The lowest BCUT2D eigenvalue weighted by Gasteiger charge is -2.13. The molecule has 0 fully saturated rings. The molecular formula is C19H15F2N5O3. The van der Waals surface area contributed by atoms with Gasteiger partial charge in [-0.3, -0.25) is 14.7 Å². The van der Waals surface area contributed by atoms with Crippen molar-refractivity contribution in [2.75, 3.05) is 11.9 Å². The van der Waals surface area contributed by atoms with Crippen molar-refractivity contribution in [3.8, 4) is 5.75 Å². The molecule has 1 aliphatic rings. The number of hydrogen-bond donors (Lipinski definition) is 3. The summed E-state index contributed by atoms with van der Waals surface area (Å²) in [4.78, 5) is 28.8. The number of H-pyrrole nitrogens is 1. The molecule has 1 aromatic heterocycles. The van der Waals surface area contributed by atoms with Gasteiger partial charge in [0.05, 0.1) is 0 Å². The lowest BCUT2D eigenvalue weighted by Crippen LogP contribution is -2.46. The monoisotopic (exact) mass is 399 g/mol. The minimum absolute atomic E-state index is 0.150. The number of carbonyl (C=O) groups is 2. The van der Waals surface area contributed by atoms with Crippen LogP contribution in [0.5, 0.6) is 5.75 Å². The number of nitrogens with one attached hydrogen (secondary N) is 3. The summed E-state index contributed by atoms with van der Waals surface area (Å²) in [6, 6.07) is 9.92. The second kappa shape index (κ2) is 7.66. The molecule has 10 heteroatoms. The number of fused-ring (bicyclic) bond motifs is 1. The minimum Gasteiger partial charge on any atom is -0.488 e. The summed E-state index contributed by atoms with van der Waals surface area (Å²) in [5.41, 5.74) is 0.704. The summed E-state index contributed by atoms with van der Waals surface area (Å²) in [7, 11) is 0. The summed E-state index contributed by atoms with van der Waals surface area (Å²) in [5, 5.41) is 11.3. The summed E-state index contributed by atoms with van der Waals surface area (Å²) >= 11 is 0. The zero-order valence-electron chi connectivity index (χ0n) is 14.9. The summed E-state index contributed by atoms with van der Waals surface area (Å²) < 4.78 is 32.5. The van der Waals surface area contributed by atoms with Gasteiger partial charge in [-0.2, -0.15) is 0 Å². The van der Waals surface area contributed by atoms with Crippen molar-refractivity contribution in [1.29, 1.82) is 0 Å². The Labute approximate surface area is 163 Å². The molecule has 148 valence electrons. The van der Waals surface area contributed by atoms with Crippen LogP contribution < -0.4 is 15.4 Å². The van der Waals surface area contributed by atoms with E-state index in [2.05, 4.69) is 25.8 Å². The van der Waals surface area contributed by atoms with Crippen molar-refractivity contribution in [3.05, 3.63) is 71.3 Å². The maximum Gasteiger partial charge on any atom is 0.291 e. The van der Waals surface area contributed by atoms with E-state index in [0.717, 1.165) is 11.6 Å². The summed E-state index contributed by atoms with van der Waals surface area (Å²) in [5.74, 6) is -3.06. The normalized spacial score (nSPS) is 15.7. The molecule has 1 atom stereocenters. The number of rotatable bonds is 4. The van der Waals surface area contributed by atoms with Gasteiger partial charge in [-0.05, 0) is 5.56 Å². The summed E-state index contributed by atoms with van der Waals surface area (Å²) in [6.45, 7) is -0.311. The number of halogens is 2. The maximum absolute atomic E-state index is 13.9. The van der Waals surface area contributed by atoms with Crippen LogP contribution in [-0.2, 0) is 11.2 Å². The van der Waals surface area contributed by atoms with E-state index in [1.54, 1.807) is 0 Å². The molecule has 8 nitrogen and oxygen atoms in total. The van der Waals surface area contributed by atoms with Crippen LogP contribution in [0.25, 0.3) is 0 Å². The molecular weight excluding hydrogens is 384 g/mol. The van der Waals surface area contributed by atoms with Crippen molar-refractivity contribution in [2.45, 2.75) is 12.5 Å². The van der Waals surface area contributed by atoms with Gasteiger partial charge in [0.25, 0.3) is 11.8 Å². The van der Waals surface area contributed by atoms with E-state index in [9.17, 15) is 18.4 Å². The van der Waals surface area contributed by atoms with Crippen molar-refractivity contribution >= 4 is 17.5 Å². The molecule has 0 saturated heterocycles. The lowest BCUT2D eigenvalue weighted by molar-refractivity contribution is -0.118. The Morgan fingerprint density at radius 2 is 2.03 bits per heavy atom. The number of carbonyl (C=O) groups excluding carboxylic acids is 2. The van der Waals surface area contributed by atoms with Gasteiger partial charge >= 0.3 is 0 Å². The van der Waals surface area contributed by atoms with E-state index >= 15 is 0 Å². The predicted octanol–water partition coefficient (Wildman–Crippen LogP) is 1.80. The van der Waals surface area contributed by atoms with Gasteiger partial charge < -0.3 is 15.4 Å². The van der Waals surface area contributed by atoms with Crippen LogP contribution in [0, 0.1) is 11.6 Å². The highest BCUT2D eigenvalue weighted by Crippen LogP contribution is 2.30. The van der Waals surface area contributed by atoms with Gasteiger partial charge in [0.1, 0.15) is 35.7 Å². The van der Waals surface area contributed by atoms with Crippen molar-refractivity contribution in [1.82, 2.24) is 20.5 Å². The molecule has 4 rings (SSSR count). The van der Waals surface area contributed by atoms with Gasteiger partial charge in [0.15, 0.2) is 5.82 Å². The Balaban J connectivity index is 1.44. The van der Waals surface area contributed by atoms with Crippen molar-refractivity contribution < 1.29 is 23.1 Å². The Hall–Kier alpha value is -3.82. The molecule has 0 saturated carbocycles. The molecule has 0 radical (unpaired) electrons.